The number of halogens is 2. The first-order valence-electron chi connectivity index (χ1n) is 7.91. The molecule has 2 N–H and O–H groups in total. The fourth-order valence-corrected chi connectivity index (χ4v) is 2.97. The molecule has 1 atom stereocenters. The predicted molar refractivity (Wildman–Crippen MR) is 93.0 cm³/mol. The summed E-state index contributed by atoms with van der Waals surface area (Å²) in [5.74, 6) is 0.124. The molecule has 2 aromatic rings. The minimum atomic E-state index is -0.297. The summed E-state index contributed by atoms with van der Waals surface area (Å²) in [4.78, 5) is 14.4. The molecule has 1 saturated heterocycles. The van der Waals surface area contributed by atoms with E-state index in [1.165, 1.54) is 12.1 Å². The SMILES string of the molecule is CC(N)C1CCN(C(=O)c2ccn(-c3ccc(F)cc3)n2)CC1.Cl. The maximum Gasteiger partial charge on any atom is 0.274 e. The van der Waals surface area contributed by atoms with Gasteiger partial charge in [-0.15, -0.1) is 12.4 Å². The van der Waals surface area contributed by atoms with Gasteiger partial charge in [0.25, 0.3) is 5.91 Å². The van der Waals surface area contributed by atoms with Crippen molar-refractivity contribution in [3.8, 4) is 5.69 Å². The van der Waals surface area contributed by atoms with Crippen molar-refractivity contribution in [3.63, 3.8) is 0 Å². The summed E-state index contributed by atoms with van der Waals surface area (Å²) in [7, 11) is 0. The number of aromatic nitrogens is 2. The van der Waals surface area contributed by atoms with Crippen LogP contribution in [0.1, 0.15) is 30.3 Å². The van der Waals surface area contributed by atoms with Gasteiger partial charge >= 0.3 is 0 Å². The van der Waals surface area contributed by atoms with Crippen LogP contribution >= 0.6 is 12.4 Å². The third-order valence-corrected chi connectivity index (χ3v) is 4.47. The van der Waals surface area contributed by atoms with Crippen LogP contribution < -0.4 is 5.73 Å². The number of nitrogens with two attached hydrogens (primary N) is 1. The van der Waals surface area contributed by atoms with Crippen molar-refractivity contribution in [3.05, 3.63) is 48.0 Å². The Hall–Kier alpha value is -1.92. The van der Waals surface area contributed by atoms with Crippen LogP contribution in [-0.4, -0.2) is 39.7 Å². The minimum Gasteiger partial charge on any atom is -0.337 e. The molecule has 130 valence electrons. The molecule has 1 aromatic heterocycles. The number of piperidine rings is 1. The van der Waals surface area contributed by atoms with E-state index in [0.717, 1.165) is 18.5 Å². The second kappa shape index (κ2) is 7.77. The van der Waals surface area contributed by atoms with E-state index in [2.05, 4.69) is 5.10 Å². The van der Waals surface area contributed by atoms with Gasteiger partial charge in [-0.25, -0.2) is 9.07 Å². The van der Waals surface area contributed by atoms with E-state index < -0.39 is 0 Å². The highest BCUT2D eigenvalue weighted by Gasteiger charge is 2.26. The smallest absolute Gasteiger partial charge is 0.274 e. The van der Waals surface area contributed by atoms with Gasteiger partial charge < -0.3 is 10.6 Å². The molecule has 0 aliphatic carbocycles. The predicted octanol–water partition coefficient (Wildman–Crippen LogP) is 2.63. The minimum absolute atomic E-state index is 0. The number of amides is 1. The van der Waals surface area contributed by atoms with Crippen molar-refractivity contribution in [1.82, 2.24) is 14.7 Å². The van der Waals surface area contributed by atoms with Gasteiger partial charge in [-0.2, -0.15) is 5.10 Å². The standard InChI is InChI=1S/C17H21FN4O.ClH/c1-12(19)13-6-9-21(10-7-13)17(23)16-8-11-22(20-16)15-4-2-14(18)3-5-15;/h2-5,8,11-13H,6-7,9-10,19H2,1H3;1H. The Morgan fingerprint density at radius 3 is 2.46 bits per heavy atom. The lowest BCUT2D eigenvalue weighted by Gasteiger charge is -2.33. The average molecular weight is 353 g/mol. The first kappa shape index (κ1) is 18.4. The molecule has 1 aliphatic rings. The van der Waals surface area contributed by atoms with E-state index in [0.29, 0.717) is 24.7 Å². The van der Waals surface area contributed by atoms with E-state index in [4.69, 9.17) is 5.73 Å². The summed E-state index contributed by atoms with van der Waals surface area (Å²) in [5, 5.41) is 4.32. The van der Waals surface area contributed by atoms with E-state index >= 15 is 0 Å². The Bertz CT molecular complexity index is 678. The van der Waals surface area contributed by atoms with Crippen molar-refractivity contribution < 1.29 is 9.18 Å². The Morgan fingerprint density at radius 2 is 1.88 bits per heavy atom. The molecular weight excluding hydrogens is 331 g/mol. The lowest BCUT2D eigenvalue weighted by atomic mass is 9.91. The monoisotopic (exact) mass is 352 g/mol. The zero-order valence-electron chi connectivity index (χ0n) is 13.6. The molecule has 24 heavy (non-hydrogen) atoms. The molecule has 3 rings (SSSR count). The number of rotatable bonds is 3. The van der Waals surface area contributed by atoms with Crippen molar-refractivity contribution in [2.24, 2.45) is 11.7 Å². The number of nitrogens with zero attached hydrogens (tertiary/aromatic N) is 3. The van der Waals surface area contributed by atoms with Gasteiger partial charge in [0.15, 0.2) is 5.69 Å². The van der Waals surface area contributed by atoms with Crippen LogP contribution in [0.4, 0.5) is 4.39 Å². The van der Waals surface area contributed by atoms with Crippen LogP contribution in [-0.2, 0) is 0 Å². The van der Waals surface area contributed by atoms with Crippen LogP contribution in [0.5, 0.6) is 0 Å². The third kappa shape index (κ3) is 3.94. The Kier molecular flexibility index (Phi) is 5.96. The molecule has 0 radical (unpaired) electrons. The molecule has 5 nitrogen and oxygen atoms in total. The second-order valence-electron chi connectivity index (χ2n) is 6.11. The number of likely N-dealkylation sites (tertiary alicyclic amines) is 1. The maximum absolute atomic E-state index is 13.0. The fourth-order valence-electron chi connectivity index (χ4n) is 2.97. The molecular formula is C17H22ClFN4O. The normalized spacial score (nSPS) is 16.5. The topological polar surface area (TPSA) is 64.2 Å². The molecule has 1 aromatic carbocycles. The highest BCUT2D eigenvalue weighted by atomic mass is 35.5. The number of carbonyl (C=O) groups excluding carboxylic acids is 1. The Labute approximate surface area is 147 Å². The Balaban J connectivity index is 0.00000208. The van der Waals surface area contributed by atoms with Gasteiger partial charge in [-0.05, 0) is 56.0 Å². The van der Waals surface area contributed by atoms with Crippen molar-refractivity contribution in [1.29, 1.82) is 0 Å². The third-order valence-electron chi connectivity index (χ3n) is 4.47. The van der Waals surface area contributed by atoms with Gasteiger partial charge in [-0.3, -0.25) is 4.79 Å². The number of benzene rings is 1. The number of hydrogen-bond donors (Lipinski definition) is 1. The molecule has 1 unspecified atom stereocenters. The molecule has 1 fully saturated rings. The van der Waals surface area contributed by atoms with Crippen LogP contribution in [0, 0.1) is 11.7 Å². The van der Waals surface area contributed by atoms with E-state index in [-0.39, 0.29) is 30.2 Å². The fraction of sp³-hybridized carbons (Fsp3) is 0.412. The molecule has 1 aliphatic heterocycles. The molecule has 1 amide bonds. The Morgan fingerprint density at radius 1 is 1.25 bits per heavy atom. The van der Waals surface area contributed by atoms with Crippen molar-refractivity contribution >= 4 is 18.3 Å². The van der Waals surface area contributed by atoms with Crippen LogP contribution in [0.15, 0.2) is 36.5 Å². The second-order valence-corrected chi connectivity index (χ2v) is 6.11. The summed E-state index contributed by atoms with van der Waals surface area (Å²) in [6.07, 6.45) is 3.58. The maximum atomic E-state index is 13.0. The summed E-state index contributed by atoms with van der Waals surface area (Å²) < 4.78 is 14.6. The van der Waals surface area contributed by atoms with Crippen LogP contribution in [0.25, 0.3) is 5.69 Å². The van der Waals surface area contributed by atoms with Crippen molar-refractivity contribution in [2.75, 3.05) is 13.1 Å². The van der Waals surface area contributed by atoms with E-state index in [1.54, 1.807) is 29.1 Å². The lowest BCUT2D eigenvalue weighted by Crippen LogP contribution is -2.42. The van der Waals surface area contributed by atoms with E-state index in [9.17, 15) is 9.18 Å². The van der Waals surface area contributed by atoms with Crippen LogP contribution in [0.2, 0.25) is 0 Å². The lowest BCUT2D eigenvalue weighted by molar-refractivity contribution is 0.0674. The van der Waals surface area contributed by atoms with Crippen molar-refractivity contribution in [2.45, 2.75) is 25.8 Å². The van der Waals surface area contributed by atoms with E-state index in [1.807, 2.05) is 11.8 Å². The molecule has 7 heteroatoms. The summed E-state index contributed by atoms with van der Waals surface area (Å²) in [6.45, 7) is 3.45. The zero-order valence-corrected chi connectivity index (χ0v) is 14.4. The average Bonchev–Trinajstić information content (AvgIpc) is 3.05. The highest BCUT2D eigenvalue weighted by molar-refractivity contribution is 5.92. The molecule has 0 spiro atoms. The first-order valence-corrected chi connectivity index (χ1v) is 7.91. The quantitative estimate of drug-likeness (QED) is 0.923. The summed E-state index contributed by atoms with van der Waals surface area (Å²) in [5.41, 5.74) is 7.07. The number of carbonyl (C=O) groups is 1. The largest absolute Gasteiger partial charge is 0.337 e. The summed E-state index contributed by atoms with van der Waals surface area (Å²) >= 11 is 0. The zero-order chi connectivity index (χ0) is 16.4. The molecule has 2 heterocycles. The van der Waals surface area contributed by atoms with Crippen LogP contribution in [0.3, 0.4) is 0 Å². The van der Waals surface area contributed by atoms with Gasteiger partial charge in [0, 0.05) is 25.3 Å². The van der Waals surface area contributed by atoms with Gasteiger partial charge in [0.05, 0.1) is 5.69 Å². The first-order chi connectivity index (χ1) is 11.0. The van der Waals surface area contributed by atoms with Gasteiger partial charge in [0.2, 0.25) is 0 Å². The highest BCUT2D eigenvalue weighted by Crippen LogP contribution is 2.21. The van der Waals surface area contributed by atoms with Gasteiger partial charge in [-0.1, -0.05) is 0 Å². The molecule has 0 bridgehead atoms. The van der Waals surface area contributed by atoms with Gasteiger partial charge in [0.1, 0.15) is 5.82 Å². The molecule has 0 saturated carbocycles. The summed E-state index contributed by atoms with van der Waals surface area (Å²) in [6, 6.07) is 7.87. The number of hydrogen-bond acceptors (Lipinski definition) is 3.